The first kappa shape index (κ1) is 14.9. The van der Waals surface area contributed by atoms with E-state index in [4.69, 9.17) is 8.83 Å². The summed E-state index contributed by atoms with van der Waals surface area (Å²) >= 11 is 3.25. The molecule has 0 N–H and O–H groups in total. The molecule has 5 rings (SSSR count). The molecule has 0 saturated heterocycles. The summed E-state index contributed by atoms with van der Waals surface area (Å²) < 4.78 is 13.2. The Hall–Kier alpha value is -2.39. The Morgan fingerprint density at radius 1 is 1.16 bits per heavy atom. The van der Waals surface area contributed by atoms with Gasteiger partial charge in [-0.25, -0.2) is 0 Å². The molecule has 0 radical (unpaired) electrons. The lowest BCUT2D eigenvalue weighted by atomic mass is 10.4. The standard InChI is InChI=1S/C16H13N5O2S2/c1-3-11(22-7-1)15-19-17-13(23-15)9-25-16-20-18-14(12-4-2-8-24-12)21(16)10-5-6-10/h1-4,7-8,10H,5-6,9H2. The van der Waals surface area contributed by atoms with Gasteiger partial charge >= 0.3 is 0 Å². The van der Waals surface area contributed by atoms with E-state index in [2.05, 4.69) is 36.4 Å². The van der Waals surface area contributed by atoms with E-state index in [-0.39, 0.29) is 0 Å². The van der Waals surface area contributed by atoms with Crippen molar-refractivity contribution in [2.45, 2.75) is 29.8 Å². The third kappa shape index (κ3) is 2.89. The number of furan rings is 1. The molecule has 1 saturated carbocycles. The number of nitrogens with zero attached hydrogens (tertiary/aromatic N) is 5. The first-order valence-electron chi connectivity index (χ1n) is 7.86. The van der Waals surface area contributed by atoms with E-state index in [0.29, 0.717) is 29.3 Å². The van der Waals surface area contributed by atoms with Crippen LogP contribution in [0, 0.1) is 0 Å². The number of aromatic nitrogens is 5. The minimum absolute atomic E-state index is 0.392. The van der Waals surface area contributed by atoms with Crippen molar-refractivity contribution < 1.29 is 8.83 Å². The van der Waals surface area contributed by atoms with Crippen molar-refractivity contribution in [1.29, 1.82) is 0 Å². The SMILES string of the molecule is c1coc(-c2nnc(CSc3nnc(-c4cccs4)n3C3CC3)o2)c1. The van der Waals surface area contributed by atoms with Crippen molar-refractivity contribution in [2.24, 2.45) is 0 Å². The lowest BCUT2D eigenvalue weighted by Gasteiger charge is -2.06. The maximum absolute atomic E-state index is 5.65. The summed E-state index contributed by atoms with van der Waals surface area (Å²) in [5, 5.41) is 19.8. The van der Waals surface area contributed by atoms with Gasteiger partial charge in [0.2, 0.25) is 5.89 Å². The van der Waals surface area contributed by atoms with Crippen molar-refractivity contribution in [3.63, 3.8) is 0 Å². The number of hydrogen-bond acceptors (Lipinski definition) is 8. The first-order valence-corrected chi connectivity index (χ1v) is 9.73. The lowest BCUT2D eigenvalue weighted by Crippen LogP contribution is -1.99. The van der Waals surface area contributed by atoms with Crippen LogP contribution in [0.5, 0.6) is 0 Å². The van der Waals surface area contributed by atoms with Crippen molar-refractivity contribution in [3.8, 4) is 22.4 Å². The normalized spacial score (nSPS) is 14.2. The molecule has 9 heteroatoms. The first-order chi connectivity index (χ1) is 12.4. The number of hydrogen-bond donors (Lipinski definition) is 0. The second-order valence-electron chi connectivity index (χ2n) is 5.65. The minimum atomic E-state index is 0.392. The van der Waals surface area contributed by atoms with Gasteiger partial charge in [-0.1, -0.05) is 17.8 Å². The molecule has 1 aliphatic rings. The van der Waals surface area contributed by atoms with E-state index >= 15 is 0 Å². The molecule has 1 fully saturated rings. The summed E-state index contributed by atoms with van der Waals surface area (Å²) in [7, 11) is 0. The van der Waals surface area contributed by atoms with E-state index < -0.39 is 0 Å². The van der Waals surface area contributed by atoms with Gasteiger partial charge in [0, 0.05) is 6.04 Å². The highest BCUT2D eigenvalue weighted by Crippen LogP contribution is 2.42. The van der Waals surface area contributed by atoms with Crippen molar-refractivity contribution in [2.75, 3.05) is 0 Å². The smallest absolute Gasteiger partial charge is 0.283 e. The summed E-state index contributed by atoms with van der Waals surface area (Å²) in [5.41, 5.74) is 0. The zero-order valence-electron chi connectivity index (χ0n) is 13.0. The quantitative estimate of drug-likeness (QED) is 0.468. The molecule has 0 atom stereocenters. The Kier molecular flexibility index (Phi) is 3.67. The highest BCUT2D eigenvalue weighted by atomic mass is 32.2. The maximum atomic E-state index is 5.65. The van der Waals surface area contributed by atoms with Gasteiger partial charge in [-0.15, -0.1) is 31.7 Å². The topological polar surface area (TPSA) is 82.8 Å². The van der Waals surface area contributed by atoms with Gasteiger partial charge in [0.1, 0.15) is 0 Å². The van der Waals surface area contributed by atoms with Gasteiger partial charge in [0.15, 0.2) is 16.7 Å². The molecular formula is C16H13N5O2S2. The molecule has 0 amide bonds. The van der Waals surface area contributed by atoms with E-state index in [0.717, 1.165) is 15.9 Å². The zero-order valence-corrected chi connectivity index (χ0v) is 14.7. The van der Waals surface area contributed by atoms with Crippen LogP contribution in [0.4, 0.5) is 0 Å². The molecule has 0 bridgehead atoms. The summed E-state index contributed by atoms with van der Waals surface area (Å²) in [6.07, 6.45) is 3.93. The van der Waals surface area contributed by atoms with E-state index in [1.54, 1.807) is 41.5 Å². The average molecular weight is 371 g/mol. The Balaban J connectivity index is 1.36. The van der Waals surface area contributed by atoms with Crippen molar-refractivity contribution in [1.82, 2.24) is 25.0 Å². The predicted octanol–water partition coefficient (Wildman–Crippen LogP) is 4.28. The summed E-state index contributed by atoms with van der Waals surface area (Å²) in [5.74, 6) is 3.00. The van der Waals surface area contributed by atoms with Gasteiger partial charge in [-0.05, 0) is 36.4 Å². The molecule has 1 aliphatic carbocycles. The van der Waals surface area contributed by atoms with E-state index in [9.17, 15) is 0 Å². The molecule has 7 nitrogen and oxygen atoms in total. The van der Waals surface area contributed by atoms with Crippen LogP contribution in [0.15, 0.2) is 49.9 Å². The average Bonchev–Trinajstić information content (AvgIpc) is 3.16. The fourth-order valence-corrected chi connectivity index (χ4v) is 4.10. The Bertz CT molecular complexity index is 970. The number of thioether (sulfide) groups is 1. The Labute approximate surface area is 151 Å². The monoisotopic (exact) mass is 371 g/mol. The predicted molar refractivity (Wildman–Crippen MR) is 93.2 cm³/mol. The fraction of sp³-hybridized carbons (Fsp3) is 0.250. The van der Waals surface area contributed by atoms with Crippen LogP contribution in [0.25, 0.3) is 22.4 Å². The van der Waals surface area contributed by atoms with Crippen LogP contribution >= 0.6 is 23.1 Å². The number of rotatable bonds is 6. The summed E-state index contributed by atoms with van der Waals surface area (Å²) in [6.45, 7) is 0. The molecule has 25 heavy (non-hydrogen) atoms. The highest BCUT2D eigenvalue weighted by Gasteiger charge is 2.30. The number of thiophene rings is 1. The summed E-state index contributed by atoms with van der Waals surface area (Å²) in [4.78, 5) is 1.14. The molecule has 0 aliphatic heterocycles. The van der Waals surface area contributed by atoms with Crippen LogP contribution in [-0.4, -0.2) is 25.0 Å². The molecule has 0 unspecified atom stereocenters. The van der Waals surface area contributed by atoms with Crippen molar-refractivity contribution >= 4 is 23.1 Å². The van der Waals surface area contributed by atoms with Crippen LogP contribution in [-0.2, 0) is 5.75 Å². The Morgan fingerprint density at radius 2 is 2.12 bits per heavy atom. The van der Waals surface area contributed by atoms with Crippen LogP contribution in [0.1, 0.15) is 24.8 Å². The molecular weight excluding hydrogens is 358 g/mol. The zero-order chi connectivity index (χ0) is 16.6. The van der Waals surface area contributed by atoms with Gasteiger partial charge in [0.05, 0.1) is 16.9 Å². The fourth-order valence-electron chi connectivity index (χ4n) is 2.55. The molecule has 126 valence electrons. The molecule has 0 spiro atoms. The second-order valence-corrected chi connectivity index (χ2v) is 7.54. The van der Waals surface area contributed by atoms with Crippen LogP contribution in [0.3, 0.4) is 0 Å². The van der Waals surface area contributed by atoms with Crippen LogP contribution in [0.2, 0.25) is 0 Å². The maximum Gasteiger partial charge on any atom is 0.283 e. The molecule has 0 aromatic carbocycles. The highest BCUT2D eigenvalue weighted by molar-refractivity contribution is 7.98. The van der Waals surface area contributed by atoms with E-state index in [1.165, 1.54) is 12.8 Å². The Morgan fingerprint density at radius 3 is 2.88 bits per heavy atom. The van der Waals surface area contributed by atoms with Gasteiger partial charge in [-0.3, -0.25) is 4.57 Å². The van der Waals surface area contributed by atoms with Crippen molar-refractivity contribution in [3.05, 3.63) is 41.8 Å². The third-order valence-corrected chi connectivity index (χ3v) is 5.64. The molecule has 4 heterocycles. The van der Waals surface area contributed by atoms with Crippen LogP contribution < -0.4 is 0 Å². The van der Waals surface area contributed by atoms with E-state index in [1.807, 2.05) is 6.07 Å². The largest absolute Gasteiger partial charge is 0.459 e. The van der Waals surface area contributed by atoms with Gasteiger partial charge in [0.25, 0.3) is 5.89 Å². The molecule has 4 aromatic heterocycles. The van der Waals surface area contributed by atoms with Gasteiger partial charge in [-0.2, -0.15) is 0 Å². The van der Waals surface area contributed by atoms with Gasteiger partial charge < -0.3 is 8.83 Å². The second kappa shape index (κ2) is 6.16. The minimum Gasteiger partial charge on any atom is -0.459 e. The summed E-state index contributed by atoms with van der Waals surface area (Å²) in [6, 6.07) is 8.19. The third-order valence-electron chi connectivity index (χ3n) is 3.84. The molecule has 4 aromatic rings. The lowest BCUT2D eigenvalue weighted by molar-refractivity contribution is 0.494.